The summed E-state index contributed by atoms with van der Waals surface area (Å²) in [7, 11) is -3.23. The van der Waals surface area contributed by atoms with Crippen molar-refractivity contribution in [3.05, 3.63) is 24.3 Å². The summed E-state index contributed by atoms with van der Waals surface area (Å²) in [4.78, 5) is 12.0. The molecule has 1 saturated heterocycles. The van der Waals surface area contributed by atoms with Crippen LogP contribution >= 0.6 is 0 Å². The van der Waals surface area contributed by atoms with Crippen LogP contribution in [-0.2, 0) is 10.0 Å². The predicted molar refractivity (Wildman–Crippen MR) is 90.1 cm³/mol. The number of hydrogen-bond acceptors (Lipinski definition) is 5. The van der Waals surface area contributed by atoms with E-state index in [2.05, 4.69) is 15.0 Å². The van der Waals surface area contributed by atoms with E-state index in [1.54, 1.807) is 13.1 Å². The number of aliphatic hydroxyl groups excluding tert-OH is 1. The lowest BCUT2D eigenvalue weighted by molar-refractivity contribution is 0.182. The van der Waals surface area contributed by atoms with Crippen molar-refractivity contribution in [2.75, 3.05) is 19.3 Å². The Hall–Kier alpha value is -1.97. The number of H-pyrrole nitrogens is 1. The first-order valence-electron chi connectivity index (χ1n) is 7.83. The van der Waals surface area contributed by atoms with Crippen LogP contribution in [0.5, 0.6) is 0 Å². The third kappa shape index (κ3) is 2.31. The molecule has 1 aliphatic rings. The highest BCUT2D eigenvalue weighted by Gasteiger charge is 2.33. The number of aromatic nitrogens is 4. The maximum atomic E-state index is 11.8. The summed E-state index contributed by atoms with van der Waals surface area (Å²) in [6.45, 7) is 2.53. The number of fused-ring (bicyclic) bond motifs is 3. The number of rotatable bonds is 3. The highest BCUT2D eigenvalue weighted by molar-refractivity contribution is 7.88. The molecule has 0 aliphatic carbocycles. The monoisotopic (exact) mass is 349 g/mol. The van der Waals surface area contributed by atoms with Gasteiger partial charge >= 0.3 is 0 Å². The zero-order valence-electron chi connectivity index (χ0n) is 13.5. The Balaban J connectivity index is 1.93. The Morgan fingerprint density at radius 2 is 2.25 bits per heavy atom. The van der Waals surface area contributed by atoms with Crippen LogP contribution in [0.4, 0.5) is 0 Å². The van der Waals surface area contributed by atoms with E-state index in [9.17, 15) is 13.5 Å². The lowest BCUT2D eigenvalue weighted by Gasteiger charge is -2.19. The molecule has 0 radical (unpaired) electrons. The average Bonchev–Trinajstić information content (AvgIpc) is 3.22. The van der Waals surface area contributed by atoms with Crippen molar-refractivity contribution in [1.29, 1.82) is 0 Å². The summed E-state index contributed by atoms with van der Waals surface area (Å²) < 4.78 is 27.1. The van der Waals surface area contributed by atoms with Gasteiger partial charge in [0.1, 0.15) is 23.1 Å². The molecule has 0 saturated carbocycles. The minimum Gasteiger partial charge on any atom is -0.385 e. The fourth-order valence-electron chi connectivity index (χ4n) is 3.50. The van der Waals surface area contributed by atoms with Gasteiger partial charge in [0.05, 0.1) is 24.0 Å². The Labute approximate surface area is 139 Å². The fraction of sp³-hybridized carbons (Fsp3) is 0.467. The molecule has 24 heavy (non-hydrogen) atoms. The van der Waals surface area contributed by atoms with Gasteiger partial charge in [-0.05, 0) is 19.4 Å². The van der Waals surface area contributed by atoms with E-state index in [1.165, 1.54) is 10.6 Å². The molecule has 2 atom stereocenters. The van der Waals surface area contributed by atoms with Crippen LogP contribution in [0, 0.1) is 0 Å². The fourth-order valence-corrected chi connectivity index (χ4v) is 4.38. The van der Waals surface area contributed by atoms with E-state index < -0.39 is 16.1 Å². The summed E-state index contributed by atoms with van der Waals surface area (Å²) in [5, 5.41) is 11.1. The minimum absolute atomic E-state index is 0.0603. The van der Waals surface area contributed by atoms with Crippen molar-refractivity contribution in [2.24, 2.45) is 0 Å². The van der Waals surface area contributed by atoms with Crippen LogP contribution in [0.1, 0.15) is 31.3 Å². The molecule has 128 valence electrons. The number of nitrogens with zero attached hydrogens (tertiary/aromatic N) is 4. The zero-order chi connectivity index (χ0) is 17.1. The number of imidazole rings is 1. The van der Waals surface area contributed by atoms with Gasteiger partial charge in [-0.15, -0.1) is 0 Å². The van der Waals surface area contributed by atoms with E-state index in [4.69, 9.17) is 0 Å². The predicted octanol–water partition coefficient (Wildman–Crippen LogP) is 1.17. The molecule has 1 aliphatic heterocycles. The quantitative estimate of drug-likeness (QED) is 0.739. The summed E-state index contributed by atoms with van der Waals surface area (Å²) >= 11 is 0. The van der Waals surface area contributed by atoms with Gasteiger partial charge in [0.2, 0.25) is 10.0 Å². The van der Waals surface area contributed by atoms with Crippen LogP contribution in [-0.4, -0.2) is 56.7 Å². The largest absolute Gasteiger partial charge is 0.385 e. The van der Waals surface area contributed by atoms with E-state index in [0.29, 0.717) is 30.9 Å². The molecule has 1 unspecified atom stereocenters. The van der Waals surface area contributed by atoms with E-state index in [-0.39, 0.29) is 6.04 Å². The molecule has 0 aromatic carbocycles. The maximum absolute atomic E-state index is 11.8. The maximum Gasteiger partial charge on any atom is 0.211 e. The molecule has 0 amide bonds. The standard InChI is InChI=1S/C15H19N5O3S/c1-9(21)15-18-12-7-17-14-11(3-5-16-14)13(12)20(15)10-4-6-19(8-10)24(2,22)23/h3,5,7,9-10,21H,4,6,8H2,1-2H3,(H,16,17)/t9?,10-/m1/s1. The molecule has 4 rings (SSSR count). The van der Waals surface area contributed by atoms with Gasteiger partial charge in [0.15, 0.2) is 0 Å². The van der Waals surface area contributed by atoms with Crippen LogP contribution < -0.4 is 0 Å². The number of pyridine rings is 1. The second kappa shape index (κ2) is 5.27. The van der Waals surface area contributed by atoms with Crippen LogP contribution in [0.15, 0.2) is 18.5 Å². The molecule has 0 spiro atoms. The minimum atomic E-state index is -3.23. The van der Waals surface area contributed by atoms with Crippen molar-refractivity contribution in [3.63, 3.8) is 0 Å². The molecule has 3 aromatic heterocycles. The van der Waals surface area contributed by atoms with E-state index in [0.717, 1.165) is 16.6 Å². The van der Waals surface area contributed by atoms with Crippen molar-refractivity contribution in [1.82, 2.24) is 23.8 Å². The van der Waals surface area contributed by atoms with Gasteiger partial charge in [-0.3, -0.25) is 0 Å². The highest BCUT2D eigenvalue weighted by Crippen LogP contribution is 2.34. The number of aliphatic hydroxyl groups is 1. The number of nitrogens with one attached hydrogen (secondary N) is 1. The third-order valence-electron chi connectivity index (χ3n) is 4.60. The average molecular weight is 349 g/mol. The van der Waals surface area contributed by atoms with Crippen molar-refractivity contribution in [2.45, 2.75) is 25.5 Å². The number of aromatic amines is 1. The van der Waals surface area contributed by atoms with Crippen LogP contribution in [0.25, 0.3) is 22.1 Å². The topological polar surface area (TPSA) is 104 Å². The van der Waals surface area contributed by atoms with Crippen LogP contribution in [0.3, 0.4) is 0 Å². The number of sulfonamides is 1. The molecule has 1 fully saturated rings. The first-order valence-corrected chi connectivity index (χ1v) is 9.68. The smallest absolute Gasteiger partial charge is 0.211 e. The summed E-state index contributed by atoms with van der Waals surface area (Å²) in [5.74, 6) is 0.542. The first-order chi connectivity index (χ1) is 11.4. The molecular weight excluding hydrogens is 330 g/mol. The van der Waals surface area contributed by atoms with Gasteiger partial charge < -0.3 is 14.7 Å². The Kier molecular flexibility index (Phi) is 3.41. The lowest BCUT2D eigenvalue weighted by Crippen LogP contribution is -2.28. The SMILES string of the molecule is CC(O)c1nc2cnc3[nH]ccc3c2n1[C@@H]1CCN(S(C)(=O)=O)C1. The highest BCUT2D eigenvalue weighted by atomic mass is 32.2. The van der Waals surface area contributed by atoms with Gasteiger partial charge in [-0.2, -0.15) is 0 Å². The molecule has 4 heterocycles. The Morgan fingerprint density at radius 3 is 2.92 bits per heavy atom. The molecule has 3 aromatic rings. The van der Waals surface area contributed by atoms with Crippen molar-refractivity contribution in [3.8, 4) is 0 Å². The normalized spacial score (nSPS) is 21.0. The van der Waals surface area contributed by atoms with E-state index >= 15 is 0 Å². The Morgan fingerprint density at radius 1 is 1.46 bits per heavy atom. The molecule has 0 bridgehead atoms. The molecule has 9 heteroatoms. The van der Waals surface area contributed by atoms with Gasteiger partial charge in [-0.25, -0.2) is 22.7 Å². The molecule has 2 N–H and O–H groups in total. The van der Waals surface area contributed by atoms with Gasteiger partial charge in [0, 0.05) is 24.7 Å². The second-order valence-corrected chi connectivity index (χ2v) is 8.29. The first kappa shape index (κ1) is 15.6. The summed E-state index contributed by atoms with van der Waals surface area (Å²) in [5.41, 5.74) is 2.34. The summed E-state index contributed by atoms with van der Waals surface area (Å²) in [6.07, 6.45) is 4.66. The van der Waals surface area contributed by atoms with Gasteiger partial charge in [-0.1, -0.05) is 0 Å². The molecular formula is C15H19N5O3S. The van der Waals surface area contributed by atoms with Crippen LogP contribution in [0.2, 0.25) is 0 Å². The van der Waals surface area contributed by atoms with E-state index in [1.807, 2.05) is 16.8 Å². The zero-order valence-corrected chi connectivity index (χ0v) is 14.3. The lowest BCUT2D eigenvalue weighted by atomic mass is 10.2. The number of hydrogen-bond donors (Lipinski definition) is 2. The van der Waals surface area contributed by atoms with Crippen molar-refractivity contribution >= 4 is 32.1 Å². The Bertz CT molecular complexity index is 1020. The third-order valence-corrected chi connectivity index (χ3v) is 5.87. The summed E-state index contributed by atoms with van der Waals surface area (Å²) in [6, 6.07) is 1.87. The molecule has 8 nitrogen and oxygen atoms in total. The van der Waals surface area contributed by atoms with Gasteiger partial charge in [0.25, 0.3) is 0 Å². The second-order valence-electron chi connectivity index (χ2n) is 6.31. The van der Waals surface area contributed by atoms with Crippen molar-refractivity contribution < 1.29 is 13.5 Å².